The van der Waals surface area contributed by atoms with E-state index >= 15 is 0 Å². The van der Waals surface area contributed by atoms with Crippen molar-refractivity contribution in [2.75, 3.05) is 20.2 Å². The molecule has 0 aliphatic carbocycles. The van der Waals surface area contributed by atoms with Gasteiger partial charge < -0.3 is 9.64 Å². The van der Waals surface area contributed by atoms with E-state index in [0.717, 1.165) is 21.2 Å². The fraction of sp³-hybridized carbons (Fsp3) is 0.286. The zero-order valence-electron chi connectivity index (χ0n) is 19.0. The molecular weight excluding hydrogens is 514 g/mol. The Hall–Kier alpha value is -2.63. The van der Waals surface area contributed by atoms with Crippen LogP contribution in [0.3, 0.4) is 0 Å². The maximum atomic E-state index is 13.8. The third-order valence-corrected chi connectivity index (χ3v) is 7.54. The largest absolute Gasteiger partial charge is 0.468 e. The fourth-order valence-corrected chi connectivity index (χ4v) is 5.18. The van der Waals surface area contributed by atoms with Gasteiger partial charge in [-0.3, -0.25) is 9.59 Å². The third-order valence-electron chi connectivity index (χ3n) is 6.75. The molecule has 1 amide bonds. The van der Waals surface area contributed by atoms with E-state index in [-0.39, 0.29) is 17.8 Å². The Balaban J connectivity index is 1.57. The van der Waals surface area contributed by atoms with Crippen LogP contribution in [0.1, 0.15) is 35.4 Å². The molecule has 1 unspecified atom stereocenters. The number of likely N-dealkylation sites (tertiary alicyclic amines) is 1. The van der Waals surface area contributed by atoms with Crippen molar-refractivity contribution in [2.24, 2.45) is 0 Å². The van der Waals surface area contributed by atoms with Gasteiger partial charge in [0.2, 0.25) is 5.91 Å². The summed E-state index contributed by atoms with van der Waals surface area (Å²) in [5.41, 5.74) is 2.22. The molecule has 1 atom stereocenters. The minimum atomic E-state index is -0.745. The molecule has 0 bridgehead atoms. The van der Waals surface area contributed by atoms with Crippen LogP contribution in [-0.4, -0.2) is 37.0 Å². The number of ether oxygens (including phenoxy) is 1. The van der Waals surface area contributed by atoms with Gasteiger partial charge in [-0.05, 0) is 60.2 Å². The number of rotatable bonds is 6. The lowest BCUT2D eigenvalue weighted by atomic mass is 9.72. The SMILES string of the molecule is COC(=O)C1(c2ccc(Br)cc2)CCN(C(=O)C(Cc2ccc(Cl)cc2)c2ccccc2)CC1. The monoisotopic (exact) mass is 539 g/mol. The number of methoxy groups -OCH3 is 1. The Morgan fingerprint density at radius 3 is 2.18 bits per heavy atom. The van der Waals surface area contributed by atoms with Crippen LogP contribution in [0.15, 0.2) is 83.3 Å². The summed E-state index contributed by atoms with van der Waals surface area (Å²) in [7, 11) is 1.43. The van der Waals surface area contributed by atoms with Gasteiger partial charge in [0.1, 0.15) is 0 Å². The van der Waals surface area contributed by atoms with Gasteiger partial charge in [-0.2, -0.15) is 0 Å². The molecule has 3 aromatic rings. The first kappa shape index (κ1) is 24.5. The van der Waals surface area contributed by atoms with E-state index in [1.54, 1.807) is 0 Å². The maximum absolute atomic E-state index is 13.8. The first-order valence-electron chi connectivity index (χ1n) is 11.4. The third kappa shape index (κ3) is 5.21. The molecule has 0 radical (unpaired) electrons. The second-order valence-corrected chi connectivity index (χ2v) is 10.1. The molecule has 1 aliphatic heterocycles. The summed E-state index contributed by atoms with van der Waals surface area (Å²) in [6.45, 7) is 0.988. The Labute approximate surface area is 214 Å². The number of halogens is 2. The van der Waals surface area contributed by atoms with Crippen molar-refractivity contribution in [2.45, 2.75) is 30.6 Å². The highest BCUT2D eigenvalue weighted by Gasteiger charge is 2.45. The number of benzene rings is 3. The summed E-state index contributed by atoms with van der Waals surface area (Å²) in [6.07, 6.45) is 1.64. The van der Waals surface area contributed by atoms with E-state index in [1.165, 1.54) is 7.11 Å². The van der Waals surface area contributed by atoms with Crippen molar-refractivity contribution in [1.29, 1.82) is 0 Å². The summed E-state index contributed by atoms with van der Waals surface area (Å²) in [6, 6.07) is 25.3. The highest BCUT2D eigenvalue weighted by atomic mass is 79.9. The molecular formula is C28H27BrClNO3. The second kappa shape index (κ2) is 10.7. The van der Waals surface area contributed by atoms with Gasteiger partial charge >= 0.3 is 5.97 Å². The predicted molar refractivity (Wildman–Crippen MR) is 138 cm³/mol. The van der Waals surface area contributed by atoms with Crippen LogP contribution in [-0.2, 0) is 26.2 Å². The van der Waals surface area contributed by atoms with Gasteiger partial charge in [0, 0.05) is 22.6 Å². The maximum Gasteiger partial charge on any atom is 0.316 e. The van der Waals surface area contributed by atoms with Gasteiger partial charge in [0.05, 0.1) is 18.4 Å². The normalized spacial score (nSPS) is 16.0. The van der Waals surface area contributed by atoms with E-state index in [2.05, 4.69) is 15.9 Å². The highest BCUT2D eigenvalue weighted by Crippen LogP contribution is 2.38. The van der Waals surface area contributed by atoms with Crippen LogP contribution in [0.5, 0.6) is 0 Å². The predicted octanol–water partition coefficient (Wildman–Crippen LogP) is 6.16. The molecule has 1 aliphatic rings. The van der Waals surface area contributed by atoms with E-state index < -0.39 is 5.41 Å². The van der Waals surface area contributed by atoms with Crippen LogP contribution in [0.25, 0.3) is 0 Å². The second-order valence-electron chi connectivity index (χ2n) is 8.70. The molecule has 0 N–H and O–H groups in total. The van der Waals surface area contributed by atoms with Crippen molar-refractivity contribution >= 4 is 39.4 Å². The lowest BCUT2D eigenvalue weighted by molar-refractivity contribution is -0.151. The number of carbonyl (C=O) groups excluding carboxylic acids is 2. The van der Waals surface area contributed by atoms with Crippen molar-refractivity contribution in [1.82, 2.24) is 4.90 Å². The van der Waals surface area contributed by atoms with Crippen LogP contribution in [0.4, 0.5) is 0 Å². The summed E-state index contributed by atoms with van der Waals surface area (Å²) >= 11 is 9.52. The van der Waals surface area contributed by atoms with Crippen molar-refractivity contribution in [3.63, 3.8) is 0 Å². The minimum absolute atomic E-state index is 0.0791. The number of piperidine rings is 1. The van der Waals surface area contributed by atoms with Gasteiger partial charge in [-0.15, -0.1) is 0 Å². The molecule has 1 fully saturated rings. The molecule has 0 aromatic heterocycles. The lowest BCUT2D eigenvalue weighted by Gasteiger charge is -2.41. The van der Waals surface area contributed by atoms with Gasteiger partial charge in [0.25, 0.3) is 0 Å². The first-order chi connectivity index (χ1) is 16.4. The number of hydrogen-bond acceptors (Lipinski definition) is 3. The summed E-state index contributed by atoms with van der Waals surface area (Å²) in [5.74, 6) is -0.473. The first-order valence-corrected chi connectivity index (χ1v) is 12.5. The molecule has 1 heterocycles. The smallest absolute Gasteiger partial charge is 0.316 e. The average Bonchev–Trinajstić information content (AvgIpc) is 2.88. The summed E-state index contributed by atoms with van der Waals surface area (Å²) < 4.78 is 6.17. The quantitative estimate of drug-likeness (QED) is 0.352. The van der Waals surface area contributed by atoms with Gasteiger partial charge in [0.15, 0.2) is 0 Å². The minimum Gasteiger partial charge on any atom is -0.468 e. The Morgan fingerprint density at radius 1 is 0.971 bits per heavy atom. The lowest BCUT2D eigenvalue weighted by Crippen LogP contribution is -2.50. The molecule has 1 saturated heterocycles. The van der Waals surface area contributed by atoms with Crippen molar-refractivity contribution < 1.29 is 14.3 Å². The van der Waals surface area contributed by atoms with Crippen LogP contribution < -0.4 is 0 Å². The molecule has 6 heteroatoms. The zero-order chi connectivity index (χ0) is 24.1. The number of carbonyl (C=O) groups is 2. The molecule has 0 spiro atoms. The van der Waals surface area contributed by atoms with Crippen LogP contribution in [0, 0.1) is 0 Å². The van der Waals surface area contributed by atoms with E-state index in [9.17, 15) is 9.59 Å². The summed E-state index contributed by atoms with van der Waals surface area (Å²) in [4.78, 5) is 28.6. The van der Waals surface area contributed by atoms with Crippen LogP contribution in [0.2, 0.25) is 5.02 Å². The van der Waals surface area contributed by atoms with E-state index in [4.69, 9.17) is 16.3 Å². The molecule has 4 nitrogen and oxygen atoms in total. The zero-order valence-corrected chi connectivity index (χ0v) is 21.4. The Kier molecular flexibility index (Phi) is 7.74. The number of amides is 1. The highest BCUT2D eigenvalue weighted by molar-refractivity contribution is 9.10. The molecule has 176 valence electrons. The van der Waals surface area contributed by atoms with E-state index in [1.807, 2.05) is 83.8 Å². The van der Waals surface area contributed by atoms with Crippen molar-refractivity contribution in [3.05, 3.63) is 105 Å². The van der Waals surface area contributed by atoms with E-state index in [0.29, 0.717) is 37.4 Å². The molecule has 4 rings (SSSR count). The topological polar surface area (TPSA) is 46.6 Å². The number of hydrogen-bond donors (Lipinski definition) is 0. The standard InChI is InChI=1S/C28H27BrClNO3/c1-34-27(33)28(22-9-11-23(29)12-10-22)15-17-31(18-16-28)26(32)25(21-5-3-2-4-6-21)19-20-7-13-24(30)14-8-20/h2-14,25H,15-19H2,1H3. The number of nitrogens with zero attached hydrogens (tertiary/aromatic N) is 1. The Bertz CT molecular complexity index is 1120. The average molecular weight is 541 g/mol. The van der Waals surface area contributed by atoms with Gasteiger partial charge in [-0.25, -0.2) is 0 Å². The Morgan fingerprint density at radius 2 is 1.59 bits per heavy atom. The molecule has 3 aromatic carbocycles. The fourth-order valence-electron chi connectivity index (χ4n) is 4.79. The summed E-state index contributed by atoms with van der Waals surface area (Å²) in [5, 5.41) is 0.675. The molecule has 34 heavy (non-hydrogen) atoms. The van der Waals surface area contributed by atoms with Crippen LogP contribution >= 0.6 is 27.5 Å². The van der Waals surface area contributed by atoms with Gasteiger partial charge in [-0.1, -0.05) is 82.1 Å². The molecule has 0 saturated carbocycles. The number of esters is 1. The van der Waals surface area contributed by atoms with Crippen molar-refractivity contribution in [3.8, 4) is 0 Å².